The Bertz CT molecular complexity index is 1180. The Morgan fingerprint density at radius 2 is 2.11 bits per heavy atom. The maximum absolute atomic E-state index is 12.3. The second-order valence-electron chi connectivity index (χ2n) is 6.56. The van der Waals surface area contributed by atoms with Crippen LogP contribution in [0.15, 0.2) is 59.8 Å². The number of aryl methyl sites for hydroxylation is 1. The van der Waals surface area contributed by atoms with E-state index in [1.807, 2.05) is 50.5 Å². The van der Waals surface area contributed by atoms with Gasteiger partial charge in [-0.1, -0.05) is 12.1 Å². The van der Waals surface area contributed by atoms with Crippen molar-refractivity contribution in [2.45, 2.75) is 13.0 Å². The lowest BCUT2D eigenvalue weighted by Crippen LogP contribution is -2.17. The van der Waals surface area contributed by atoms with Crippen LogP contribution < -0.4 is 16.6 Å². The molecule has 3 heterocycles. The third-order valence-corrected chi connectivity index (χ3v) is 4.59. The fourth-order valence-electron chi connectivity index (χ4n) is 3.09. The van der Waals surface area contributed by atoms with Crippen LogP contribution in [0.2, 0.25) is 0 Å². The van der Waals surface area contributed by atoms with Crippen LogP contribution in [0.4, 0.5) is 11.4 Å². The fourth-order valence-corrected chi connectivity index (χ4v) is 3.09. The SMILES string of the molecule is CC(Nc1cc(-c2cnn(C)c2)[nH]c(=O)c1N)c1ccc2ncccc2c1. The van der Waals surface area contributed by atoms with Gasteiger partial charge >= 0.3 is 0 Å². The first-order valence-corrected chi connectivity index (χ1v) is 8.64. The molecule has 0 fully saturated rings. The van der Waals surface area contributed by atoms with Crippen LogP contribution in [0.5, 0.6) is 0 Å². The van der Waals surface area contributed by atoms with Crippen molar-refractivity contribution in [1.82, 2.24) is 19.7 Å². The number of nitrogens with two attached hydrogens (primary N) is 1. The molecule has 1 unspecified atom stereocenters. The largest absolute Gasteiger partial charge is 0.393 e. The number of pyridine rings is 2. The molecule has 0 spiro atoms. The highest BCUT2D eigenvalue weighted by molar-refractivity contribution is 5.79. The van der Waals surface area contributed by atoms with Crippen molar-refractivity contribution in [1.29, 1.82) is 0 Å². The zero-order chi connectivity index (χ0) is 19.0. The Labute approximate surface area is 155 Å². The van der Waals surface area contributed by atoms with Crippen LogP contribution in [0.3, 0.4) is 0 Å². The molecule has 7 heteroatoms. The molecule has 0 aliphatic carbocycles. The molecule has 0 amide bonds. The molecule has 4 rings (SSSR count). The number of hydrogen-bond donors (Lipinski definition) is 3. The average Bonchev–Trinajstić information content (AvgIpc) is 3.11. The molecule has 0 saturated heterocycles. The van der Waals surface area contributed by atoms with Crippen molar-refractivity contribution in [2.24, 2.45) is 7.05 Å². The molecule has 0 aliphatic rings. The summed E-state index contributed by atoms with van der Waals surface area (Å²) in [6, 6.07) is 11.8. The smallest absolute Gasteiger partial charge is 0.273 e. The molecular formula is C20H20N6O. The highest BCUT2D eigenvalue weighted by Gasteiger charge is 2.13. The molecule has 1 atom stereocenters. The van der Waals surface area contributed by atoms with E-state index in [4.69, 9.17) is 5.73 Å². The molecule has 0 saturated carbocycles. The number of rotatable bonds is 4. The molecule has 0 bridgehead atoms. The minimum Gasteiger partial charge on any atom is -0.393 e. The molecular weight excluding hydrogens is 340 g/mol. The summed E-state index contributed by atoms with van der Waals surface area (Å²) in [5.41, 5.74) is 9.96. The fraction of sp³-hybridized carbons (Fsp3) is 0.150. The maximum Gasteiger partial charge on any atom is 0.273 e. The average molecular weight is 360 g/mol. The van der Waals surface area contributed by atoms with E-state index >= 15 is 0 Å². The molecule has 27 heavy (non-hydrogen) atoms. The number of anilines is 2. The van der Waals surface area contributed by atoms with Crippen molar-refractivity contribution in [3.05, 3.63) is 70.9 Å². The third kappa shape index (κ3) is 3.27. The number of aromatic nitrogens is 4. The second-order valence-corrected chi connectivity index (χ2v) is 6.56. The zero-order valence-corrected chi connectivity index (χ0v) is 15.1. The van der Waals surface area contributed by atoms with E-state index < -0.39 is 0 Å². The quantitative estimate of drug-likeness (QED) is 0.519. The van der Waals surface area contributed by atoms with Crippen molar-refractivity contribution in [2.75, 3.05) is 11.1 Å². The van der Waals surface area contributed by atoms with Crippen LogP contribution in [0.1, 0.15) is 18.5 Å². The van der Waals surface area contributed by atoms with Gasteiger partial charge in [-0.2, -0.15) is 5.10 Å². The minimum absolute atomic E-state index is 0.0412. The second kappa shape index (κ2) is 6.60. The Balaban J connectivity index is 1.68. The van der Waals surface area contributed by atoms with E-state index in [1.54, 1.807) is 17.1 Å². The molecule has 4 aromatic rings. The lowest BCUT2D eigenvalue weighted by molar-refractivity contribution is 0.768. The van der Waals surface area contributed by atoms with Crippen LogP contribution in [-0.2, 0) is 7.05 Å². The summed E-state index contributed by atoms with van der Waals surface area (Å²) in [5.74, 6) is 0. The first kappa shape index (κ1) is 16.8. The number of nitrogen functional groups attached to an aromatic ring is 1. The molecule has 0 aliphatic heterocycles. The van der Waals surface area contributed by atoms with Gasteiger partial charge in [0.1, 0.15) is 5.69 Å². The summed E-state index contributed by atoms with van der Waals surface area (Å²) in [6.45, 7) is 2.03. The van der Waals surface area contributed by atoms with E-state index in [0.29, 0.717) is 11.4 Å². The van der Waals surface area contributed by atoms with Crippen LogP contribution in [-0.4, -0.2) is 19.7 Å². The van der Waals surface area contributed by atoms with Crippen molar-refractivity contribution >= 4 is 22.3 Å². The summed E-state index contributed by atoms with van der Waals surface area (Å²) in [5, 5.41) is 8.57. The minimum atomic E-state index is -0.325. The van der Waals surface area contributed by atoms with Crippen LogP contribution in [0, 0.1) is 0 Å². The van der Waals surface area contributed by atoms with E-state index in [-0.39, 0.29) is 17.3 Å². The van der Waals surface area contributed by atoms with Gasteiger partial charge in [0.2, 0.25) is 0 Å². The van der Waals surface area contributed by atoms with Crippen molar-refractivity contribution in [3.63, 3.8) is 0 Å². The predicted molar refractivity (Wildman–Crippen MR) is 107 cm³/mol. The number of nitrogens with zero attached hydrogens (tertiary/aromatic N) is 3. The van der Waals surface area contributed by atoms with Gasteiger partial charge in [-0.25, -0.2) is 0 Å². The van der Waals surface area contributed by atoms with Gasteiger partial charge in [0.05, 0.1) is 23.1 Å². The highest BCUT2D eigenvalue weighted by Crippen LogP contribution is 2.27. The van der Waals surface area contributed by atoms with Crippen molar-refractivity contribution in [3.8, 4) is 11.3 Å². The lowest BCUT2D eigenvalue weighted by Gasteiger charge is -2.18. The number of H-pyrrole nitrogens is 1. The highest BCUT2D eigenvalue weighted by atomic mass is 16.1. The first-order valence-electron chi connectivity index (χ1n) is 8.64. The van der Waals surface area contributed by atoms with E-state index in [9.17, 15) is 4.79 Å². The van der Waals surface area contributed by atoms with Gasteiger partial charge in [0, 0.05) is 36.4 Å². The molecule has 1 aromatic carbocycles. The van der Waals surface area contributed by atoms with Crippen LogP contribution >= 0.6 is 0 Å². The third-order valence-electron chi connectivity index (χ3n) is 4.59. The van der Waals surface area contributed by atoms with Gasteiger partial charge in [-0.3, -0.25) is 14.5 Å². The van der Waals surface area contributed by atoms with E-state index in [0.717, 1.165) is 22.0 Å². The lowest BCUT2D eigenvalue weighted by atomic mass is 10.0. The van der Waals surface area contributed by atoms with Gasteiger partial charge in [0.25, 0.3) is 5.56 Å². The molecule has 0 radical (unpaired) electrons. The maximum atomic E-state index is 12.3. The topological polar surface area (TPSA) is 102 Å². The first-order chi connectivity index (χ1) is 13.0. The summed E-state index contributed by atoms with van der Waals surface area (Å²) in [7, 11) is 1.83. The number of benzene rings is 1. The van der Waals surface area contributed by atoms with Crippen LogP contribution in [0.25, 0.3) is 22.2 Å². The van der Waals surface area contributed by atoms with Gasteiger partial charge < -0.3 is 16.0 Å². The Hall–Kier alpha value is -3.61. The number of hydrogen-bond acceptors (Lipinski definition) is 5. The number of fused-ring (bicyclic) bond motifs is 1. The van der Waals surface area contributed by atoms with E-state index in [1.165, 1.54) is 0 Å². The van der Waals surface area contributed by atoms with Crippen molar-refractivity contribution < 1.29 is 0 Å². The standard InChI is InChI=1S/C20H20N6O/c1-12(13-5-6-16-14(8-13)4-3-7-22-16)24-18-9-17(25-20(27)19(18)21)15-10-23-26(2)11-15/h3-12H,21H2,1-2H3,(H2,24,25,27). The summed E-state index contributed by atoms with van der Waals surface area (Å²) in [6.07, 6.45) is 5.32. The van der Waals surface area contributed by atoms with E-state index in [2.05, 4.69) is 26.4 Å². The summed E-state index contributed by atoms with van der Waals surface area (Å²) in [4.78, 5) is 19.4. The predicted octanol–water partition coefficient (Wildman–Crippen LogP) is 3.08. The number of nitrogens with one attached hydrogen (secondary N) is 2. The summed E-state index contributed by atoms with van der Waals surface area (Å²) < 4.78 is 1.68. The zero-order valence-electron chi connectivity index (χ0n) is 15.1. The molecule has 3 aromatic heterocycles. The molecule has 4 N–H and O–H groups in total. The monoisotopic (exact) mass is 360 g/mol. The summed E-state index contributed by atoms with van der Waals surface area (Å²) >= 11 is 0. The number of aromatic amines is 1. The van der Waals surface area contributed by atoms with Gasteiger partial charge in [0.15, 0.2) is 0 Å². The molecule has 7 nitrogen and oxygen atoms in total. The Morgan fingerprint density at radius 1 is 1.26 bits per heavy atom. The normalized spacial score (nSPS) is 12.2. The Morgan fingerprint density at radius 3 is 2.89 bits per heavy atom. The Kier molecular flexibility index (Phi) is 4.12. The van der Waals surface area contributed by atoms with Gasteiger partial charge in [-0.05, 0) is 36.8 Å². The van der Waals surface area contributed by atoms with Gasteiger partial charge in [-0.15, -0.1) is 0 Å². The molecule has 136 valence electrons.